The maximum absolute atomic E-state index is 14.2. The predicted molar refractivity (Wildman–Crippen MR) is 104 cm³/mol. The number of rotatable bonds is 4. The van der Waals surface area contributed by atoms with E-state index < -0.39 is 27.5 Å². The van der Waals surface area contributed by atoms with Crippen LogP contribution >= 0.6 is 0 Å². The third-order valence-electron chi connectivity index (χ3n) is 4.45. The van der Waals surface area contributed by atoms with Gasteiger partial charge in [-0.05, 0) is 54.6 Å². The third kappa shape index (κ3) is 3.38. The highest BCUT2D eigenvalue weighted by molar-refractivity contribution is 7.90. The zero-order valence-corrected chi connectivity index (χ0v) is 15.9. The number of hydrogen-bond acceptors (Lipinski definition) is 5. The zero-order valence-electron chi connectivity index (χ0n) is 15.1. The second kappa shape index (κ2) is 6.82. The minimum absolute atomic E-state index is 0.147. The number of benzene rings is 3. The number of imide groups is 1. The number of hydrogen-bond donors (Lipinski definition) is 0. The van der Waals surface area contributed by atoms with Crippen LogP contribution in [0.5, 0.6) is 11.5 Å². The number of nitrogens with zero attached hydrogens (tertiary/aromatic N) is 1. The first-order valence-corrected chi connectivity index (χ1v) is 10.4. The SMILES string of the molecule is CS(=O)(=O)c1ccc(Oc2ccc(N3C(=O)c4ccccc4C3=O)cc2)c(F)c1. The van der Waals surface area contributed by atoms with E-state index in [2.05, 4.69) is 0 Å². The molecule has 8 heteroatoms. The normalized spacial score (nSPS) is 13.5. The first-order chi connectivity index (χ1) is 13.8. The molecule has 0 fully saturated rings. The van der Waals surface area contributed by atoms with E-state index >= 15 is 0 Å². The van der Waals surface area contributed by atoms with Gasteiger partial charge in [0.15, 0.2) is 21.4 Å². The Morgan fingerprint density at radius 3 is 1.97 bits per heavy atom. The summed E-state index contributed by atoms with van der Waals surface area (Å²) in [4.78, 5) is 25.9. The maximum atomic E-state index is 14.2. The van der Waals surface area contributed by atoms with Gasteiger partial charge in [-0.25, -0.2) is 17.7 Å². The highest BCUT2D eigenvalue weighted by Crippen LogP contribution is 2.31. The molecular weight excluding hydrogens is 397 g/mol. The van der Waals surface area contributed by atoms with Gasteiger partial charge in [-0.3, -0.25) is 9.59 Å². The van der Waals surface area contributed by atoms with Crippen molar-refractivity contribution in [3.05, 3.63) is 83.7 Å². The van der Waals surface area contributed by atoms with Gasteiger partial charge in [0.1, 0.15) is 5.75 Å². The fraction of sp³-hybridized carbons (Fsp3) is 0.0476. The van der Waals surface area contributed by atoms with Crippen molar-refractivity contribution in [2.75, 3.05) is 11.2 Å². The number of fused-ring (bicyclic) bond motifs is 1. The summed E-state index contributed by atoms with van der Waals surface area (Å²) in [5.41, 5.74) is 1.04. The first kappa shape index (κ1) is 18.8. The topological polar surface area (TPSA) is 80.8 Å². The van der Waals surface area contributed by atoms with Crippen molar-refractivity contribution in [2.45, 2.75) is 4.90 Å². The fourth-order valence-corrected chi connectivity index (χ4v) is 3.64. The van der Waals surface area contributed by atoms with Crippen LogP contribution in [0.2, 0.25) is 0 Å². The predicted octanol–water partition coefficient (Wildman–Crippen LogP) is 3.82. The van der Waals surface area contributed by atoms with Crippen LogP contribution in [-0.4, -0.2) is 26.5 Å². The van der Waals surface area contributed by atoms with Gasteiger partial charge in [0.25, 0.3) is 11.8 Å². The highest BCUT2D eigenvalue weighted by atomic mass is 32.2. The lowest BCUT2D eigenvalue weighted by atomic mass is 10.1. The van der Waals surface area contributed by atoms with E-state index in [4.69, 9.17) is 4.74 Å². The summed E-state index contributed by atoms with van der Waals surface area (Å²) in [6.07, 6.45) is 0.986. The van der Waals surface area contributed by atoms with E-state index in [1.54, 1.807) is 24.3 Å². The smallest absolute Gasteiger partial charge is 0.266 e. The average molecular weight is 411 g/mol. The summed E-state index contributed by atoms with van der Waals surface area (Å²) >= 11 is 0. The summed E-state index contributed by atoms with van der Waals surface area (Å²) < 4.78 is 42.6. The van der Waals surface area contributed by atoms with E-state index in [1.807, 2.05) is 0 Å². The summed E-state index contributed by atoms with van der Waals surface area (Å²) in [5.74, 6) is -1.54. The molecule has 0 atom stereocenters. The van der Waals surface area contributed by atoms with Gasteiger partial charge >= 0.3 is 0 Å². The summed E-state index contributed by atoms with van der Waals surface area (Å²) in [6.45, 7) is 0. The average Bonchev–Trinajstić information content (AvgIpc) is 2.94. The fourth-order valence-electron chi connectivity index (χ4n) is 3.01. The van der Waals surface area contributed by atoms with Crippen LogP contribution in [0.3, 0.4) is 0 Å². The van der Waals surface area contributed by atoms with Gasteiger partial charge in [0.05, 0.1) is 21.7 Å². The number of anilines is 1. The number of sulfone groups is 1. The number of amides is 2. The van der Waals surface area contributed by atoms with Crippen LogP contribution in [-0.2, 0) is 9.84 Å². The molecule has 1 aliphatic heterocycles. The molecule has 0 saturated carbocycles. The van der Waals surface area contributed by atoms with E-state index in [9.17, 15) is 22.4 Å². The van der Waals surface area contributed by atoms with Crippen molar-refractivity contribution in [1.29, 1.82) is 0 Å². The second-order valence-electron chi connectivity index (χ2n) is 6.45. The van der Waals surface area contributed by atoms with E-state index in [0.717, 1.165) is 17.2 Å². The molecule has 0 saturated heterocycles. The first-order valence-electron chi connectivity index (χ1n) is 8.51. The Hall–Kier alpha value is -3.52. The lowest BCUT2D eigenvalue weighted by Gasteiger charge is -2.14. The van der Waals surface area contributed by atoms with Crippen molar-refractivity contribution in [3.63, 3.8) is 0 Å². The molecule has 29 heavy (non-hydrogen) atoms. The zero-order chi connectivity index (χ0) is 20.8. The molecule has 146 valence electrons. The van der Waals surface area contributed by atoms with Crippen molar-refractivity contribution < 1.29 is 27.1 Å². The Balaban J connectivity index is 1.57. The van der Waals surface area contributed by atoms with Crippen LogP contribution < -0.4 is 9.64 Å². The molecule has 4 rings (SSSR count). The van der Waals surface area contributed by atoms with Crippen molar-refractivity contribution in [3.8, 4) is 11.5 Å². The van der Waals surface area contributed by atoms with Crippen molar-refractivity contribution in [1.82, 2.24) is 0 Å². The molecule has 2 amide bonds. The Morgan fingerprint density at radius 1 is 0.862 bits per heavy atom. The molecule has 0 N–H and O–H groups in total. The molecule has 0 aliphatic carbocycles. The number of carbonyl (C=O) groups is 2. The molecule has 0 radical (unpaired) electrons. The molecule has 0 bridgehead atoms. The van der Waals surface area contributed by atoms with Crippen LogP contribution in [0.4, 0.5) is 10.1 Å². The molecule has 0 unspecified atom stereocenters. The summed E-state index contributed by atoms with van der Waals surface area (Å²) in [6, 6.07) is 15.9. The third-order valence-corrected chi connectivity index (χ3v) is 5.56. The number of ether oxygens (including phenoxy) is 1. The van der Waals surface area contributed by atoms with E-state index in [1.165, 1.54) is 36.4 Å². The molecule has 1 aliphatic rings. The molecule has 6 nitrogen and oxygen atoms in total. The van der Waals surface area contributed by atoms with E-state index in [-0.39, 0.29) is 16.4 Å². The number of halogens is 1. The van der Waals surface area contributed by atoms with Gasteiger partial charge in [-0.15, -0.1) is 0 Å². The minimum Gasteiger partial charge on any atom is -0.454 e. The summed E-state index contributed by atoms with van der Waals surface area (Å²) in [5, 5.41) is 0. The maximum Gasteiger partial charge on any atom is 0.266 e. The Bertz CT molecular complexity index is 1220. The monoisotopic (exact) mass is 411 g/mol. The molecular formula is C21H14FNO5S. The molecule has 0 aromatic heterocycles. The molecule has 1 heterocycles. The lowest BCUT2D eigenvalue weighted by molar-refractivity contribution is 0.0926. The largest absolute Gasteiger partial charge is 0.454 e. The van der Waals surface area contributed by atoms with Gasteiger partial charge in [0.2, 0.25) is 0 Å². The summed E-state index contributed by atoms with van der Waals surface area (Å²) in [7, 11) is -3.53. The van der Waals surface area contributed by atoms with Gasteiger partial charge in [-0.2, -0.15) is 0 Å². The minimum atomic E-state index is -3.53. The van der Waals surface area contributed by atoms with Gasteiger partial charge in [0, 0.05) is 6.26 Å². The second-order valence-corrected chi connectivity index (χ2v) is 8.47. The lowest BCUT2D eigenvalue weighted by Crippen LogP contribution is -2.29. The highest BCUT2D eigenvalue weighted by Gasteiger charge is 2.36. The van der Waals surface area contributed by atoms with Crippen LogP contribution in [0.1, 0.15) is 20.7 Å². The molecule has 3 aromatic rings. The van der Waals surface area contributed by atoms with Crippen LogP contribution in [0, 0.1) is 5.82 Å². The quantitative estimate of drug-likeness (QED) is 0.610. The van der Waals surface area contributed by atoms with E-state index in [0.29, 0.717) is 16.8 Å². The van der Waals surface area contributed by atoms with Crippen molar-refractivity contribution >= 4 is 27.3 Å². The van der Waals surface area contributed by atoms with Gasteiger partial charge < -0.3 is 4.74 Å². The standard InChI is InChI=1S/C21H14FNO5S/c1-29(26,27)15-10-11-19(18(22)12-15)28-14-8-6-13(7-9-14)23-20(24)16-4-2-3-5-17(16)21(23)25/h2-12H,1H3. The Kier molecular flexibility index (Phi) is 4.43. The van der Waals surface area contributed by atoms with Gasteiger partial charge in [-0.1, -0.05) is 12.1 Å². The Labute approximate surface area is 166 Å². The Morgan fingerprint density at radius 2 is 1.45 bits per heavy atom. The van der Waals surface area contributed by atoms with Crippen LogP contribution in [0.25, 0.3) is 0 Å². The van der Waals surface area contributed by atoms with Crippen molar-refractivity contribution in [2.24, 2.45) is 0 Å². The number of carbonyl (C=O) groups excluding carboxylic acids is 2. The molecule has 3 aromatic carbocycles. The van der Waals surface area contributed by atoms with Crippen LogP contribution in [0.15, 0.2) is 71.6 Å². The molecule has 0 spiro atoms.